The molecule has 4 heteroatoms. The lowest BCUT2D eigenvalue weighted by atomic mass is 10.00. The summed E-state index contributed by atoms with van der Waals surface area (Å²) in [6, 6.07) is 13.0. The number of carbonyl (C=O) groups excluding carboxylic acids is 1. The lowest BCUT2D eigenvalue weighted by Gasteiger charge is -2.09. The minimum Gasteiger partial charge on any atom is -0.496 e. The fourth-order valence-electron chi connectivity index (χ4n) is 2.99. The van der Waals surface area contributed by atoms with E-state index in [1.165, 1.54) is 0 Å². The highest BCUT2D eigenvalue weighted by Crippen LogP contribution is 2.39. The summed E-state index contributed by atoms with van der Waals surface area (Å²) in [6.45, 7) is 1.94. The average molecular weight is 309 g/mol. The Morgan fingerprint density at radius 1 is 0.957 bits per heavy atom. The van der Waals surface area contributed by atoms with Crippen molar-refractivity contribution in [3.63, 3.8) is 0 Å². The van der Waals surface area contributed by atoms with Gasteiger partial charge in [-0.2, -0.15) is 0 Å². The van der Waals surface area contributed by atoms with E-state index in [9.17, 15) is 4.79 Å². The van der Waals surface area contributed by atoms with Gasteiger partial charge < -0.3 is 14.0 Å². The van der Waals surface area contributed by atoms with Crippen LogP contribution in [0.25, 0.3) is 10.9 Å². The first-order chi connectivity index (χ1) is 11.1. The number of ketones is 1. The topological polar surface area (TPSA) is 40.5 Å². The first kappa shape index (κ1) is 15.2. The number of aryl methyl sites for hydroxylation is 1. The van der Waals surface area contributed by atoms with Crippen molar-refractivity contribution in [1.82, 2.24) is 4.57 Å². The molecular formula is C19H19NO3. The highest BCUT2D eigenvalue weighted by Gasteiger charge is 2.24. The Labute approximate surface area is 135 Å². The zero-order valence-electron chi connectivity index (χ0n) is 13.7. The van der Waals surface area contributed by atoms with Crippen LogP contribution in [0.5, 0.6) is 11.5 Å². The molecule has 1 heterocycles. The normalized spacial score (nSPS) is 10.8. The molecule has 118 valence electrons. The highest BCUT2D eigenvalue weighted by molar-refractivity contribution is 6.19. The second-order valence-electron chi connectivity index (χ2n) is 5.41. The maximum atomic E-state index is 13.1. The minimum atomic E-state index is -0.0137. The van der Waals surface area contributed by atoms with Gasteiger partial charge in [-0.3, -0.25) is 4.79 Å². The van der Waals surface area contributed by atoms with Gasteiger partial charge in [-0.25, -0.2) is 0 Å². The van der Waals surface area contributed by atoms with E-state index in [2.05, 4.69) is 0 Å². The fraction of sp³-hybridized carbons (Fsp3) is 0.211. The van der Waals surface area contributed by atoms with Gasteiger partial charge in [0, 0.05) is 18.3 Å². The van der Waals surface area contributed by atoms with Gasteiger partial charge in [-0.15, -0.1) is 0 Å². The molecule has 23 heavy (non-hydrogen) atoms. The van der Waals surface area contributed by atoms with E-state index in [-0.39, 0.29) is 5.78 Å². The van der Waals surface area contributed by atoms with E-state index in [0.29, 0.717) is 16.9 Å². The van der Waals surface area contributed by atoms with Crippen LogP contribution in [0.2, 0.25) is 0 Å². The SMILES string of the molecule is COc1ccc(OC)c2c1c(C(=O)c1ccccc1)c(C)n2C. The van der Waals surface area contributed by atoms with Crippen molar-refractivity contribution in [2.75, 3.05) is 14.2 Å². The minimum absolute atomic E-state index is 0.0137. The molecule has 0 amide bonds. The van der Waals surface area contributed by atoms with Gasteiger partial charge in [0.1, 0.15) is 11.5 Å². The van der Waals surface area contributed by atoms with Crippen molar-refractivity contribution in [2.24, 2.45) is 7.05 Å². The molecular weight excluding hydrogens is 290 g/mol. The number of methoxy groups -OCH3 is 2. The van der Waals surface area contributed by atoms with Crippen molar-refractivity contribution in [1.29, 1.82) is 0 Å². The van der Waals surface area contributed by atoms with Crippen molar-refractivity contribution in [3.8, 4) is 11.5 Å². The number of hydrogen-bond donors (Lipinski definition) is 0. The molecule has 0 aliphatic carbocycles. The molecule has 0 atom stereocenters. The van der Waals surface area contributed by atoms with E-state index in [4.69, 9.17) is 9.47 Å². The first-order valence-electron chi connectivity index (χ1n) is 7.39. The van der Waals surface area contributed by atoms with Gasteiger partial charge in [0.15, 0.2) is 5.78 Å². The van der Waals surface area contributed by atoms with Crippen LogP contribution in [0.1, 0.15) is 21.6 Å². The number of ether oxygens (including phenoxy) is 2. The van der Waals surface area contributed by atoms with Gasteiger partial charge in [0.05, 0.1) is 30.7 Å². The third kappa shape index (κ3) is 2.27. The van der Waals surface area contributed by atoms with Crippen molar-refractivity contribution < 1.29 is 14.3 Å². The monoisotopic (exact) mass is 309 g/mol. The van der Waals surface area contributed by atoms with Crippen molar-refractivity contribution in [3.05, 3.63) is 59.3 Å². The average Bonchev–Trinajstić information content (AvgIpc) is 2.86. The van der Waals surface area contributed by atoms with Crippen LogP contribution >= 0.6 is 0 Å². The van der Waals surface area contributed by atoms with Crippen LogP contribution in [-0.4, -0.2) is 24.6 Å². The van der Waals surface area contributed by atoms with Gasteiger partial charge in [0.2, 0.25) is 0 Å². The largest absolute Gasteiger partial charge is 0.496 e. The van der Waals surface area contributed by atoms with Gasteiger partial charge in [-0.05, 0) is 19.1 Å². The van der Waals surface area contributed by atoms with Crippen LogP contribution < -0.4 is 9.47 Å². The van der Waals surface area contributed by atoms with Crippen molar-refractivity contribution in [2.45, 2.75) is 6.92 Å². The highest BCUT2D eigenvalue weighted by atomic mass is 16.5. The number of hydrogen-bond acceptors (Lipinski definition) is 3. The third-order valence-corrected chi connectivity index (χ3v) is 4.26. The quantitative estimate of drug-likeness (QED) is 0.689. The Kier molecular flexibility index (Phi) is 3.82. The summed E-state index contributed by atoms with van der Waals surface area (Å²) in [5.41, 5.74) is 3.07. The molecule has 3 rings (SSSR count). The maximum absolute atomic E-state index is 13.1. The predicted molar refractivity (Wildman–Crippen MR) is 90.6 cm³/mol. The zero-order valence-corrected chi connectivity index (χ0v) is 13.7. The molecule has 0 saturated carbocycles. The van der Waals surface area contributed by atoms with Crippen LogP contribution in [-0.2, 0) is 7.05 Å². The fourth-order valence-corrected chi connectivity index (χ4v) is 2.99. The molecule has 1 aromatic heterocycles. The van der Waals surface area contributed by atoms with Crippen LogP contribution in [0, 0.1) is 6.92 Å². The zero-order chi connectivity index (χ0) is 16.6. The Morgan fingerprint density at radius 2 is 1.57 bits per heavy atom. The Morgan fingerprint density at radius 3 is 2.17 bits per heavy atom. The molecule has 4 nitrogen and oxygen atoms in total. The van der Waals surface area contributed by atoms with E-state index in [1.807, 2.05) is 61.0 Å². The number of nitrogens with zero attached hydrogens (tertiary/aromatic N) is 1. The molecule has 0 radical (unpaired) electrons. The summed E-state index contributed by atoms with van der Waals surface area (Å²) in [6.07, 6.45) is 0. The van der Waals surface area contributed by atoms with Crippen molar-refractivity contribution >= 4 is 16.7 Å². The summed E-state index contributed by atoms with van der Waals surface area (Å²) in [4.78, 5) is 13.1. The first-order valence-corrected chi connectivity index (χ1v) is 7.39. The lowest BCUT2D eigenvalue weighted by molar-refractivity contribution is 0.103. The van der Waals surface area contributed by atoms with Gasteiger partial charge in [-0.1, -0.05) is 30.3 Å². The van der Waals surface area contributed by atoms with Crippen LogP contribution in [0.15, 0.2) is 42.5 Å². The molecule has 3 aromatic rings. The molecule has 0 aliphatic heterocycles. The Hall–Kier alpha value is -2.75. The molecule has 0 N–H and O–H groups in total. The van der Waals surface area contributed by atoms with Crippen LogP contribution in [0.3, 0.4) is 0 Å². The van der Waals surface area contributed by atoms with E-state index < -0.39 is 0 Å². The number of rotatable bonds is 4. The maximum Gasteiger partial charge on any atom is 0.195 e. The van der Waals surface area contributed by atoms with E-state index in [0.717, 1.165) is 22.3 Å². The smallest absolute Gasteiger partial charge is 0.195 e. The van der Waals surface area contributed by atoms with Crippen LogP contribution in [0.4, 0.5) is 0 Å². The molecule has 2 aromatic carbocycles. The predicted octanol–water partition coefficient (Wildman–Crippen LogP) is 3.73. The summed E-state index contributed by atoms with van der Waals surface area (Å²) in [5.74, 6) is 1.38. The summed E-state index contributed by atoms with van der Waals surface area (Å²) in [7, 11) is 5.17. The van der Waals surface area contributed by atoms with E-state index in [1.54, 1.807) is 14.2 Å². The molecule has 0 aliphatic rings. The Bertz CT molecular complexity index is 879. The molecule has 0 saturated heterocycles. The number of fused-ring (bicyclic) bond motifs is 1. The number of aromatic nitrogens is 1. The number of carbonyl (C=O) groups is 1. The Balaban J connectivity index is 2.37. The molecule has 0 bridgehead atoms. The van der Waals surface area contributed by atoms with Gasteiger partial charge >= 0.3 is 0 Å². The van der Waals surface area contributed by atoms with Gasteiger partial charge in [0.25, 0.3) is 0 Å². The standard InChI is InChI=1S/C19H19NO3/c1-12-16(19(21)13-8-6-5-7-9-13)17-14(22-3)10-11-15(23-4)18(17)20(12)2/h5-11H,1-4H3. The third-order valence-electron chi connectivity index (χ3n) is 4.26. The summed E-state index contributed by atoms with van der Waals surface area (Å²) < 4.78 is 13.0. The molecule has 0 fully saturated rings. The van der Waals surface area contributed by atoms with E-state index >= 15 is 0 Å². The second-order valence-corrected chi connectivity index (χ2v) is 5.41. The molecule has 0 unspecified atom stereocenters. The second kappa shape index (κ2) is 5.80. The number of benzene rings is 2. The lowest BCUT2D eigenvalue weighted by Crippen LogP contribution is -2.03. The summed E-state index contributed by atoms with van der Waals surface area (Å²) in [5, 5.41) is 0.792. The molecule has 0 spiro atoms. The summed E-state index contributed by atoms with van der Waals surface area (Å²) >= 11 is 0.